The molecule has 0 saturated carbocycles. The average Bonchev–Trinajstić information content (AvgIpc) is 3.52. The van der Waals surface area contributed by atoms with Gasteiger partial charge in [0.25, 0.3) is 11.5 Å². The summed E-state index contributed by atoms with van der Waals surface area (Å²) in [5.41, 5.74) is 4.18. The third-order valence-corrected chi connectivity index (χ3v) is 6.83. The maximum absolute atomic E-state index is 14.8. The number of imidazole rings is 1. The number of carbonyl (C=O) groups excluding carboxylic acids is 1. The molecule has 0 radical (unpaired) electrons. The van der Waals surface area contributed by atoms with Crippen molar-refractivity contribution in [3.05, 3.63) is 80.8 Å². The van der Waals surface area contributed by atoms with Crippen molar-refractivity contribution in [1.82, 2.24) is 19.3 Å². The van der Waals surface area contributed by atoms with Crippen molar-refractivity contribution in [3.8, 4) is 0 Å². The first-order valence-corrected chi connectivity index (χ1v) is 10.3. The molecule has 7 nitrogen and oxygen atoms in total. The Kier molecular flexibility index (Phi) is 3.21. The van der Waals surface area contributed by atoms with Crippen LogP contribution >= 0.6 is 0 Å². The number of benzene rings is 2. The zero-order valence-electron chi connectivity index (χ0n) is 16.4. The van der Waals surface area contributed by atoms with Crippen molar-refractivity contribution in [1.29, 1.82) is 0 Å². The fraction of sp³-hybridized carbons (Fsp3) is 0.261. The van der Waals surface area contributed by atoms with Crippen LogP contribution in [0.25, 0.3) is 16.6 Å². The lowest BCUT2D eigenvalue weighted by molar-refractivity contribution is 0.0758. The minimum atomic E-state index is -0.452. The summed E-state index contributed by atoms with van der Waals surface area (Å²) in [6.45, 7) is 1.60. The van der Waals surface area contributed by atoms with Gasteiger partial charge in [0.2, 0.25) is 0 Å². The Balaban J connectivity index is 1.54. The predicted octanol–water partition coefficient (Wildman–Crippen LogP) is 2.88. The molecule has 7 rings (SSSR count). The standard InChI is InChI=1S/C23H17FN4O3/c24-15-3-1-2-11-9-27-20(19(11)15)13-7-17-16(6-14(13)23(27)30)26-22(29)18-8-25-21(28(17)18)12-4-5-31-10-12/h1-3,6-8,12,20H,4-5,9-10H2,(H,26,29). The minimum absolute atomic E-state index is 0.100. The first-order valence-electron chi connectivity index (χ1n) is 10.3. The van der Waals surface area contributed by atoms with Gasteiger partial charge in [0.05, 0.1) is 29.9 Å². The number of hydrogen-bond acceptors (Lipinski definition) is 4. The summed E-state index contributed by atoms with van der Waals surface area (Å²) in [4.78, 5) is 35.0. The van der Waals surface area contributed by atoms with Gasteiger partial charge in [-0.05, 0) is 35.7 Å². The highest BCUT2D eigenvalue weighted by atomic mass is 19.1. The van der Waals surface area contributed by atoms with Crippen LogP contribution in [0.2, 0.25) is 0 Å². The molecule has 1 N–H and O–H groups in total. The Morgan fingerprint density at radius 2 is 2.10 bits per heavy atom. The summed E-state index contributed by atoms with van der Waals surface area (Å²) in [5.74, 6) is 0.434. The quantitative estimate of drug-likeness (QED) is 0.518. The number of H-pyrrole nitrogens is 1. The molecule has 1 amide bonds. The molecule has 0 aliphatic carbocycles. The predicted molar refractivity (Wildman–Crippen MR) is 110 cm³/mol. The van der Waals surface area contributed by atoms with E-state index in [1.807, 2.05) is 16.5 Å². The van der Waals surface area contributed by atoms with Crippen molar-refractivity contribution in [2.75, 3.05) is 13.2 Å². The number of aromatic amines is 1. The average molecular weight is 416 g/mol. The van der Waals surface area contributed by atoms with Crippen molar-refractivity contribution >= 4 is 22.5 Å². The topological polar surface area (TPSA) is 79.7 Å². The van der Waals surface area contributed by atoms with Crippen LogP contribution < -0.4 is 5.56 Å². The van der Waals surface area contributed by atoms with Gasteiger partial charge in [0.1, 0.15) is 17.2 Å². The lowest BCUT2D eigenvalue weighted by Gasteiger charge is -2.17. The minimum Gasteiger partial charge on any atom is -0.381 e. The van der Waals surface area contributed by atoms with E-state index >= 15 is 0 Å². The van der Waals surface area contributed by atoms with Crippen molar-refractivity contribution < 1.29 is 13.9 Å². The molecule has 1 saturated heterocycles. The molecule has 2 aromatic carbocycles. The molecule has 31 heavy (non-hydrogen) atoms. The number of ether oxygens (including phenoxy) is 1. The van der Waals surface area contributed by atoms with Crippen LogP contribution in [0.4, 0.5) is 4.39 Å². The van der Waals surface area contributed by atoms with Gasteiger partial charge in [-0.15, -0.1) is 0 Å². The largest absolute Gasteiger partial charge is 0.381 e. The van der Waals surface area contributed by atoms with E-state index in [1.54, 1.807) is 23.2 Å². The number of nitrogens with zero attached hydrogens (tertiary/aromatic N) is 3. The van der Waals surface area contributed by atoms with Crippen molar-refractivity contribution in [2.24, 2.45) is 0 Å². The molecule has 0 spiro atoms. The van der Waals surface area contributed by atoms with Crippen LogP contribution in [0, 0.1) is 5.82 Å². The van der Waals surface area contributed by atoms with E-state index in [-0.39, 0.29) is 23.2 Å². The Labute approximate surface area is 175 Å². The molecule has 4 aromatic rings. The van der Waals surface area contributed by atoms with E-state index in [0.717, 1.165) is 28.9 Å². The van der Waals surface area contributed by atoms with Crippen LogP contribution in [0.1, 0.15) is 51.3 Å². The van der Waals surface area contributed by atoms with Gasteiger partial charge in [0, 0.05) is 30.2 Å². The van der Waals surface area contributed by atoms with Gasteiger partial charge >= 0.3 is 0 Å². The van der Waals surface area contributed by atoms with Crippen LogP contribution in [-0.2, 0) is 11.3 Å². The lowest BCUT2D eigenvalue weighted by Crippen LogP contribution is -2.22. The van der Waals surface area contributed by atoms with Gasteiger partial charge in [-0.1, -0.05) is 12.1 Å². The second-order valence-electron chi connectivity index (χ2n) is 8.46. The fourth-order valence-corrected chi connectivity index (χ4v) is 5.42. The number of rotatable bonds is 1. The normalized spacial score (nSPS) is 21.8. The maximum atomic E-state index is 14.8. The number of amides is 1. The van der Waals surface area contributed by atoms with Crippen LogP contribution in [0.3, 0.4) is 0 Å². The smallest absolute Gasteiger partial charge is 0.274 e. The molecule has 3 aliphatic heterocycles. The molecule has 1 fully saturated rings. The van der Waals surface area contributed by atoms with E-state index in [1.165, 1.54) is 6.07 Å². The molecule has 2 atom stereocenters. The van der Waals surface area contributed by atoms with E-state index in [2.05, 4.69) is 9.97 Å². The van der Waals surface area contributed by atoms with Crippen molar-refractivity contribution in [3.63, 3.8) is 0 Å². The molecule has 3 aliphatic rings. The Bertz CT molecular complexity index is 1500. The van der Waals surface area contributed by atoms with Crippen LogP contribution in [-0.4, -0.2) is 38.4 Å². The maximum Gasteiger partial charge on any atom is 0.274 e. The van der Waals surface area contributed by atoms with Gasteiger partial charge in [-0.2, -0.15) is 0 Å². The molecular weight excluding hydrogens is 399 g/mol. The second-order valence-corrected chi connectivity index (χ2v) is 8.46. The number of aromatic nitrogens is 3. The number of halogens is 1. The molecule has 0 bridgehead atoms. The Hall–Kier alpha value is -3.52. The van der Waals surface area contributed by atoms with Gasteiger partial charge in [-0.25, -0.2) is 9.37 Å². The first kappa shape index (κ1) is 17.2. The van der Waals surface area contributed by atoms with E-state index in [9.17, 15) is 14.0 Å². The summed E-state index contributed by atoms with van der Waals surface area (Å²) in [7, 11) is 0. The zero-order valence-corrected chi connectivity index (χ0v) is 16.4. The van der Waals surface area contributed by atoms with Crippen LogP contribution in [0.15, 0.2) is 41.3 Å². The highest BCUT2D eigenvalue weighted by Crippen LogP contribution is 2.47. The van der Waals surface area contributed by atoms with Gasteiger partial charge in [0.15, 0.2) is 0 Å². The molecule has 154 valence electrons. The Morgan fingerprint density at radius 1 is 1.19 bits per heavy atom. The summed E-state index contributed by atoms with van der Waals surface area (Å²) < 4.78 is 22.2. The van der Waals surface area contributed by atoms with Crippen LogP contribution in [0.5, 0.6) is 0 Å². The fourth-order valence-electron chi connectivity index (χ4n) is 5.42. The highest BCUT2D eigenvalue weighted by molar-refractivity contribution is 6.03. The van der Waals surface area contributed by atoms with E-state index < -0.39 is 6.04 Å². The number of nitrogens with one attached hydrogen (secondary N) is 1. The Morgan fingerprint density at radius 3 is 2.94 bits per heavy atom. The summed E-state index contributed by atoms with van der Waals surface area (Å²) in [6.07, 6.45) is 2.42. The zero-order chi connectivity index (χ0) is 20.9. The van der Waals surface area contributed by atoms with Gasteiger partial charge in [-0.3, -0.25) is 14.0 Å². The molecule has 2 unspecified atom stereocenters. The SMILES string of the molecule is O=C1c2cc3[nH]c(=O)c4cnc(C5CCOC5)n4c3cc2C2c3c(F)cccc3CN12. The number of fused-ring (bicyclic) bond motifs is 8. The first-order chi connectivity index (χ1) is 15.1. The molecule has 2 aromatic heterocycles. The van der Waals surface area contributed by atoms with E-state index in [0.29, 0.717) is 41.9 Å². The summed E-state index contributed by atoms with van der Waals surface area (Å²) in [5, 5.41) is 0. The third kappa shape index (κ3) is 2.12. The molecule has 8 heteroatoms. The van der Waals surface area contributed by atoms with Crippen molar-refractivity contribution in [2.45, 2.75) is 24.9 Å². The van der Waals surface area contributed by atoms with Gasteiger partial charge < -0.3 is 14.6 Å². The second kappa shape index (κ2) is 5.79. The number of hydrogen-bond donors (Lipinski definition) is 1. The monoisotopic (exact) mass is 416 g/mol. The molecule has 5 heterocycles. The summed E-state index contributed by atoms with van der Waals surface area (Å²) in [6, 6.07) is 8.18. The summed E-state index contributed by atoms with van der Waals surface area (Å²) >= 11 is 0. The number of carbonyl (C=O) groups is 1. The lowest BCUT2D eigenvalue weighted by atomic mass is 9.95. The highest BCUT2D eigenvalue weighted by Gasteiger charge is 2.44. The third-order valence-electron chi connectivity index (χ3n) is 6.83. The molecular formula is C23H17FN4O3. The van der Waals surface area contributed by atoms with E-state index in [4.69, 9.17) is 4.74 Å².